The molecule has 126 valence electrons. The maximum atomic E-state index is 12.3. The van der Waals surface area contributed by atoms with Crippen LogP contribution in [0.5, 0.6) is 0 Å². The number of hydrogen-bond acceptors (Lipinski definition) is 3. The summed E-state index contributed by atoms with van der Waals surface area (Å²) in [5.41, 5.74) is 2.11. The Morgan fingerprint density at radius 3 is 2.50 bits per heavy atom. The molecule has 0 atom stereocenters. The molecule has 0 unspecified atom stereocenters. The third-order valence-corrected chi connectivity index (χ3v) is 3.91. The van der Waals surface area contributed by atoms with Gasteiger partial charge in [0.15, 0.2) is 0 Å². The molecule has 0 saturated carbocycles. The number of amides is 2. The molecule has 1 aromatic heterocycles. The molecule has 0 aliphatic carbocycles. The summed E-state index contributed by atoms with van der Waals surface area (Å²) in [6.45, 7) is 5.92. The zero-order valence-electron chi connectivity index (χ0n) is 14.3. The summed E-state index contributed by atoms with van der Waals surface area (Å²) in [7, 11) is 0. The summed E-state index contributed by atoms with van der Waals surface area (Å²) < 4.78 is 0. The molecule has 0 bridgehead atoms. The molecule has 1 aromatic carbocycles. The summed E-state index contributed by atoms with van der Waals surface area (Å²) >= 11 is 0. The Morgan fingerprint density at radius 1 is 1.08 bits per heavy atom. The molecular weight excluding hydrogens is 302 g/mol. The number of aryl methyl sites for hydroxylation is 1. The fourth-order valence-corrected chi connectivity index (χ4v) is 2.43. The van der Waals surface area contributed by atoms with Crippen molar-refractivity contribution in [2.75, 3.05) is 10.6 Å². The Morgan fingerprint density at radius 2 is 1.83 bits per heavy atom. The molecule has 5 heteroatoms. The Kier molecular flexibility index (Phi) is 6.07. The van der Waals surface area contributed by atoms with Crippen molar-refractivity contribution in [2.45, 2.75) is 33.6 Å². The first-order valence-electron chi connectivity index (χ1n) is 8.18. The molecule has 0 spiro atoms. The number of aromatic nitrogens is 1. The van der Waals surface area contributed by atoms with Crippen LogP contribution < -0.4 is 10.6 Å². The quantitative estimate of drug-likeness (QED) is 0.842. The van der Waals surface area contributed by atoms with E-state index in [-0.39, 0.29) is 17.7 Å². The second kappa shape index (κ2) is 8.24. The number of carbonyl (C=O) groups is 2. The minimum atomic E-state index is -0.258. The van der Waals surface area contributed by atoms with E-state index in [1.165, 1.54) is 0 Å². The van der Waals surface area contributed by atoms with Crippen molar-refractivity contribution in [3.8, 4) is 0 Å². The first-order chi connectivity index (χ1) is 11.5. The van der Waals surface area contributed by atoms with Gasteiger partial charge in [0.1, 0.15) is 5.82 Å². The Balaban J connectivity index is 2.09. The summed E-state index contributed by atoms with van der Waals surface area (Å²) in [5.74, 6) is 0.218. The highest BCUT2D eigenvalue weighted by Gasteiger charge is 2.15. The lowest BCUT2D eigenvalue weighted by atomic mass is 10.0. The van der Waals surface area contributed by atoms with Crippen molar-refractivity contribution in [3.63, 3.8) is 0 Å². The van der Waals surface area contributed by atoms with Gasteiger partial charge in [-0.15, -0.1) is 0 Å². The minimum Gasteiger partial charge on any atom is -0.326 e. The zero-order valence-corrected chi connectivity index (χ0v) is 14.3. The van der Waals surface area contributed by atoms with Gasteiger partial charge in [-0.1, -0.05) is 19.9 Å². The van der Waals surface area contributed by atoms with E-state index in [2.05, 4.69) is 15.6 Å². The maximum absolute atomic E-state index is 12.3. The van der Waals surface area contributed by atoms with Crippen molar-refractivity contribution in [2.24, 2.45) is 5.92 Å². The van der Waals surface area contributed by atoms with Gasteiger partial charge in [0.25, 0.3) is 5.91 Å². The van der Waals surface area contributed by atoms with Crippen LogP contribution in [0.15, 0.2) is 42.6 Å². The molecule has 2 rings (SSSR count). The van der Waals surface area contributed by atoms with Crippen LogP contribution in [0.2, 0.25) is 0 Å². The van der Waals surface area contributed by atoms with Crippen LogP contribution in [-0.4, -0.2) is 16.8 Å². The van der Waals surface area contributed by atoms with Crippen molar-refractivity contribution in [1.29, 1.82) is 0 Å². The van der Waals surface area contributed by atoms with Gasteiger partial charge < -0.3 is 10.6 Å². The molecule has 0 aliphatic heterocycles. The van der Waals surface area contributed by atoms with Crippen LogP contribution in [-0.2, 0) is 4.79 Å². The average Bonchev–Trinajstić information content (AvgIpc) is 2.56. The van der Waals surface area contributed by atoms with Crippen molar-refractivity contribution >= 4 is 23.3 Å². The van der Waals surface area contributed by atoms with Gasteiger partial charge in [0.05, 0.1) is 0 Å². The van der Waals surface area contributed by atoms with E-state index in [1.807, 2.05) is 26.8 Å². The molecule has 5 nitrogen and oxygen atoms in total. The standard InChI is InChI=1S/C19H23N3O2/c1-4-14(5-2)18(23)21-16-8-6-7-15(12-16)19(24)22-17-11-13(3)9-10-20-17/h6-12,14H,4-5H2,1-3H3,(H,21,23)(H,20,22,24). The van der Waals surface area contributed by atoms with Crippen LogP contribution in [0.4, 0.5) is 11.5 Å². The Labute approximate surface area is 142 Å². The van der Waals surface area contributed by atoms with Gasteiger partial charge in [-0.2, -0.15) is 0 Å². The second-order valence-corrected chi connectivity index (χ2v) is 5.76. The molecule has 0 saturated heterocycles. The van der Waals surface area contributed by atoms with Crippen LogP contribution in [0.3, 0.4) is 0 Å². The van der Waals surface area contributed by atoms with E-state index in [1.54, 1.807) is 36.5 Å². The number of carbonyl (C=O) groups excluding carboxylic acids is 2. The number of rotatable bonds is 6. The summed E-state index contributed by atoms with van der Waals surface area (Å²) in [6, 6.07) is 10.6. The molecule has 24 heavy (non-hydrogen) atoms. The lowest BCUT2D eigenvalue weighted by molar-refractivity contribution is -0.120. The fraction of sp³-hybridized carbons (Fsp3) is 0.316. The number of nitrogens with zero attached hydrogens (tertiary/aromatic N) is 1. The number of hydrogen-bond donors (Lipinski definition) is 2. The van der Waals surface area contributed by atoms with Crippen molar-refractivity contribution in [3.05, 3.63) is 53.7 Å². The van der Waals surface area contributed by atoms with Crippen LogP contribution in [0.1, 0.15) is 42.6 Å². The minimum absolute atomic E-state index is 0.0148. The fourth-order valence-electron chi connectivity index (χ4n) is 2.43. The number of pyridine rings is 1. The van der Waals surface area contributed by atoms with E-state index in [0.29, 0.717) is 17.1 Å². The monoisotopic (exact) mass is 325 g/mol. The lowest BCUT2D eigenvalue weighted by Gasteiger charge is -2.13. The van der Waals surface area contributed by atoms with Gasteiger partial charge in [-0.05, 0) is 55.7 Å². The van der Waals surface area contributed by atoms with E-state index < -0.39 is 0 Å². The number of nitrogens with one attached hydrogen (secondary N) is 2. The molecule has 2 amide bonds. The molecular formula is C19H23N3O2. The largest absolute Gasteiger partial charge is 0.326 e. The third kappa shape index (κ3) is 4.65. The van der Waals surface area contributed by atoms with Gasteiger partial charge in [0, 0.05) is 23.4 Å². The second-order valence-electron chi connectivity index (χ2n) is 5.76. The Bertz CT molecular complexity index is 724. The van der Waals surface area contributed by atoms with E-state index in [4.69, 9.17) is 0 Å². The van der Waals surface area contributed by atoms with E-state index >= 15 is 0 Å². The smallest absolute Gasteiger partial charge is 0.256 e. The number of anilines is 2. The van der Waals surface area contributed by atoms with E-state index in [9.17, 15) is 9.59 Å². The van der Waals surface area contributed by atoms with Crippen LogP contribution in [0, 0.1) is 12.8 Å². The van der Waals surface area contributed by atoms with Gasteiger partial charge >= 0.3 is 0 Å². The molecule has 2 aromatic rings. The number of benzene rings is 1. The van der Waals surface area contributed by atoms with Gasteiger partial charge in [0.2, 0.25) is 5.91 Å². The molecule has 2 N–H and O–H groups in total. The highest BCUT2D eigenvalue weighted by Crippen LogP contribution is 2.16. The average molecular weight is 325 g/mol. The highest BCUT2D eigenvalue weighted by atomic mass is 16.2. The van der Waals surface area contributed by atoms with Gasteiger partial charge in [-0.25, -0.2) is 4.98 Å². The topological polar surface area (TPSA) is 71.1 Å². The first kappa shape index (κ1) is 17.7. The molecule has 0 radical (unpaired) electrons. The predicted octanol–water partition coefficient (Wildman–Crippen LogP) is 4.02. The van der Waals surface area contributed by atoms with Gasteiger partial charge in [-0.3, -0.25) is 9.59 Å². The Hall–Kier alpha value is -2.69. The van der Waals surface area contributed by atoms with Crippen molar-refractivity contribution in [1.82, 2.24) is 4.98 Å². The SMILES string of the molecule is CCC(CC)C(=O)Nc1cccc(C(=O)Nc2cc(C)ccn2)c1. The molecule has 0 aliphatic rings. The summed E-state index contributed by atoms with van der Waals surface area (Å²) in [6.07, 6.45) is 3.24. The normalized spacial score (nSPS) is 10.5. The zero-order chi connectivity index (χ0) is 17.5. The predicted molar refractivity (Wildman–Crippen MR) is 96.1 cm³/mol. The maximum Gasteiger partial charge on any atom is 0.256 e. The molecule has 0 fully saturated rings. The first-order valence-corrected chi connectivity index (χ1v) is 8.18. The molecule has 1 heterocycles. The van der Waals surface area contributed by atoms with E-state index in [0.717, 1.165) is 18.4 Å². The third-order valence-electron chi connectivity index (χ3n) is 3.91. The lowest BCUT2D eigenvalue weighted by Crippen LogP contribution is -2.22. The van der Waals surface area contributed by atoms with Crippen LogP contribution >= 0.6 is 0 Å². The summed E-state index contributed by atoms with van der Waals surface area (Å²) in [5, 5.41) is 5.64. The van der Waals surface area contributed by atoms with Crippen LogP contribution in [0.25, 0.3) is 0 Å². The van der Waals surface area contributed by atoms with Crippen molar-refractivity contribution < 1.29 is 9.59 Å². The summed E-state index contributed by atoms with van der Waals surface area (Å²) in [4.78, 5) is 28.6. The highest BCUT2D eigenvalue weighted by molar-refractivity contribution is 6.05.